The van der Waals surface area contributed by atoms with Gasteiger partial charge in [-0.15, -0.1) is 0 Å². The van der Waals surface area contributed by atoms with Crippen LogP contribution in [0.5, 0.6) is 0 Å². The number of anilines is 2. The smallest absolute Gasteiger partial charge is 0.320 e. The van der Waals surface area contributed by atoms with Crippen molar-refractivity contribution in [3.63, 3.8) is 0 Å². The van der Waals surface area contributed by atoms with Gasteiger partial charge in [-0.2, -0.15) is 0 Å². The van der Waals surface area contributed by atoms with Crippen LogP contribution in [-0.2, 0) is 27.4 Å². The Morgan fingerprint density at radius 3 is 2.64 bits per heavy atom. The first-order valence-electron chi connectivity index (χ1n) is 16.0. The molecule has 0 bridgehead atoms. The summed E-state index contributed by atoms with van der Waals surface area (Å²) < 4.78 is 11.5. The molecule has 1 atom stereocenters. The van der Waals surface area contributed by atoms with Crippen LogP contribution in [0.1, 0.15) is 41.5 Å². The Hall–Kier alpha value is -3.89. The molecule has 236 valence electrons. The summed E-state index contributed by atoms with van der Waals surface area (Å²) >= 11 is 0. The molecule has 9 nitrogen and oxygen atoms in total. The molecule has 6 rings (SSSR count). The van der Waals surface area contributed by atoms with E-state index in [1.165, 1.54) is 16.7 Å². The second-order valence-corrected chi connectivity index (χ2v) is 12.1. The second kappa shape index (κ2) is 14.5. The van der Waals surface area contributed by atoms with E-state index < -0.39 is 12.0 Å². The molecule has 4 aromatic rings. The first kappa shape index (κ1) is 31.1. The van der Waals surface area contributed by atoms with Crippen molar-refractivity contribution in [1.82, 2.24) is 19.8 Å². The van der Waals surface area contributed by atoms with E-state index >= 15 is 0 Å². The average Bonchev–Trinajstić information content (AvgIpc) is 3.05. The number of likely N-dealkylation sites (tertiary alicyclic amines) is 1. The average molecular weight is 610 g/mol. The molecule has 0 amide bonds. The van der Waals surface area contributed by atoms with Crippen LogP contribution in [0.25, 0.3) is 22.0 Å². The number of fused-ring (bicyclic) bond motifs is 1. The van der Waals surface area contributed by atoms with E-state index in [1.54, 1.807) is 6.20 Å². The minimum absolute atomic E-state index is 0.434. The van der Waals surface area contributed by atoms with Gasteiger partial charge in [-0.05, 0) is 84.8 Å². The number of hydrogen-bond donors (Lipinski definition) is 2. The van der Waals surface area contributed by atoms with Crippen molar-refractivity contribution >= 4 is 28.4 Å². The monoisotopic (exact) mass is 609 g/mol. The fraction of sp³-hybridized carbons (Fsp3) is 0.417. The van der Waals surface area contributed by atoms with Crippen molar-refractivity contribution in [1.29, 1.82) is 0 Å². The van der Waals surface area contributed by atoms with Crippen LogP contribution in [0.3, 0.4) is 0 Å². The molecule has 4 heterocycles. The lowest BCUT2D eigenvalue weighted by molar-refractivity contribution is -0.144. The lowest BCUT2D eigenvalue weighted by Crippen LogP contribution is -2.44. The second-order valence-electron chi connectivity index (χ2n) is 12.1. The molecule has 45 heavy (non-hydrogen) atoms. The van der Waals surface area contributed by atoms with E-state index in [1.807, 2.05) is 12.3 Å². The predicted molar refractivity (Wildman–Crippen MR) is 177 cm³/mol. The standard InChI is InChI=1S/C36H43N5O4/c1-25-29(24-45-20-17-40-15-18-44-19-16-40)7-5-8-30(25)31-9-6-10-32(26(31)2)39-35-34-28(12-13-37-35)21-27(22-38-34)23-41-14-4-3-11-33(41)36(42)43/h5-10,12-13,21-22,33H,3-4,11,14-20,23-24H2,1-2H3,(H,37,39)(H,42,43). The molecule has 2 saturated heterocycles. The third-order valence-electron chi connectivity index (χ3n) is 9.18. The van der Waals surface area contributed by atoms with E-state index in [2.05, 4.69) is 76.4 Å². The van der Waals surface area contributed by atoms with Crippen molar-refractivity contribution in [2.24, 2.45) is 0 Å². The summed E-state index contributed by atoms with van der Waals surface area (Å²) in [5, 5.41) is 14.2. The normalized spacial score (nSPS) is 17.9. The molecular formula is C36H43N5O4. The van der Waals surface area contributed by atoms with Crippen molar-refractivity contribution in [3.8, 4) is 11.1 Å². The highest BCUT2D eigenvalue weighted by atomic mass is 16.5. The van der Waals surface area contributed by atoms with E-state index in [-0.39, 0.29) is 0 Å². The van der Waals surface area contributed by atoms with Gasteiger partial charge in [0.05, 0.1) is 26.4 Å². The van der Waals surface area contributed by atoms with Crippen LogP contribution in [0, 0.1) is 13.8 Å². The first-order valence-corrected chi connectivity index (χ1v) is 16.0. The number of rotatable bonds is 11. The van der Waals surface area contributed by atoms with E-state index in [0.29, 0.717) is 32.0 Å². The van der Waals surface area contributed by atoms with Gasteiger partial charge in [0.1, 0.15) is 11.6 Å². The number of morpholine rings is 1. The quantitative estimate of drug-likeness (QED) is 0.200. The van der Waals surface area contributed by atoms with Crippen molar-refractivity contribution < 1.29 is 19.4 Å². The number of aliphatic carboxylic acids is 1. The molecule has 2 aromatic carbocycles. The fourth-order valence-electron chi connectivity index (χ4n) is 6.50. The zero-order valence-electron chi connectivity index (χ0n) is 26.3. The third-order valence-corrected chi connectivity index (χ3v) is 9.18. The number of carboxylic acid groups (broad SMARTS) is 1. The Morgan fingerprint density at radius 2 is 1.82 bits per heavy atom. The largest absolute Gasteiger partial charge is 0.480 e. The summed E-state index contributed by atoms with van der Waals surface area (Å²) in [6, 6.07) is 16.4. The fourth-order valence-corrected chi connectivity index (χ4v) is 6.50. The summed E-state index contributed by atoms with van der Waals surface area (Å²) in [5.74, 6) is -0.0497. The maximum Gasteiger partial charge on any atom is 0.320 e. The molecule has 0 saturated carbocycles. The maximum absolute atomic E-state index is 11.8. The number of nitrogens with zero attached hydrogens (tertiary/aromatic N) is 4. The van der Waals surface area contributed by atoms with Gasteiger partial charge >= 0.3 is 5.97 Å². The Bertz CT molecular complexity index is 1640. The van der Waals surface area contributed by atoms with Crippen molar-refractivity contribution in [3.05, 3.63) is 83.2 Å². The van der Waals surface area contributed by atoms with Crippen LogP contribution < -0.4 is 5.32 Å². The topological polar surface area (TPSA) is 100 Å². The van der Waals surface area contributed by atoms with Crippen LogP contribution in [0.4, 0.5) is 11.5 Å². The van der Waals surface area contributed by atoms with Gasteiger partial charge in [-0.1, -0.05) is 36.8 Å². The van der Waals surface area contributed by atoms with Crippen molar-refractivity contribution in [2.75, 3.05) is 51.3 Å². The number of hydrogen-bond acceptors (Lipinski definition) is 8. The lowest BCUT2D eigenvalue weighted by Gasteiger charge is -2.32. The highest BCUT2D eigenvalue weighted by Crippen LogP contribution is 2.34. The molecule has 9 heteroatoms. The number of ether oxygens (including phenoxy) is 2. The number of carbonyl (C=O) groups is 1. The molecule has 1 unspecified atom stereocenters. The number of aromatic nitrogens is 2. The number of nitrogens with one attached hydrogen (secondary N) is 1. The van der Waals surface area contributed by atoms with Gasteiger partial charge in [0.15, 0.2) is 5.82 Å². The Balaban J connectivity index is 1.17. The molecular weight excluding hydrogens is 566 g/mol. The molecule has 0 aliphatic carbocycles. The third kappa shape index (κ3) is 7.34. The molecule has 2 aliphatic rings. The summed E-state index contributed by atoms with van der Waals surface area (Å²) in [6.07, 6.45) is 6.32. The van der Waals surface area contributed by atoms with Gasteiger partial charge in [-0.3, -0.25) is 19.6 Å². The van der Waals surface area contributed by atoms with Crippen LogP contribution in [0.15, 0.2) is 60.9 Å². The Morgan fingerprint density at radius 1 is 1.02 bits per heavy atom. The zero-order valence-corrected chi connectivity index (χ0v) is 26.3. The van der Waals surface area contributed by atoms with E-state index in [4.69, 9.17) is 14.5 Å². The molecule has 2 aliphatic heterocycles. The predicted octanol–water partition coefficient (Wildman–Crippen LogP) is 5.95. The lowest BCUT2D eigenvalue weighted by atomic mass is 9.93. The number of pyridine rings is 2. The van der Waals surface area contributed by atoms with Crippen LogP contribution in [-0.4, -0.2) is 82.9 Å². The minimum Gasteiger partial charge on any atom is -0.480 e. The molecule has 0 spiro atoms. The summed E-state index contributed by atoms with van der Waals surface area (Å²) in [6.45, 7) is 11.4. The SMILES string of the molecule is Cc1c(COCCN2CCOCC2)cccc1-c1cccc(Nc2nccc3cc(CN4CCCCC4C(=O)O)cnc23)c1C. The molecule has 0 radical (unpaired) electrons. The highest BCUT2D eigenvalue weighted by Gasteiger charge is 2.28. The van der Waals surface area contributed by atoms with E-state index in [9.17, 15) is 9.90 Å². The van der Waals surface area contributed by atoms with Crippen LogP contribution in [0.2, 0.25) is 0 Å². The van der Waals surface area contributed by atoms with Gasteiger partial charge < -0.3 is 19.9 Å². The summed E-state index contributed by atoms with van der Waals surface area (Å²) in [7, 11) is 0. The summed E-state index contributed by atoms with van der Waals surface area (Å²) in [4.78, 5) is 25.7. The van der Waals surface area contributed by atoms with E-state index in [0.717, 1.165) is 85.5 Å². The molecule has 2 N–H and O–H groups in total. The molecule has 2 fully saturated rings. The molecule has 2 aromatic heterocycles. The van der Waals surface area contributed by atoms with Crippen LogP contribution >= 0.6 is 0 Å². The van der Waals surface area contributed by atoms with Crippen molar-refractivity contribution in [2.45, 2.75) is 52.3 Å². The number of benzene rings is 2. The van der Waals surface area contributed by atoms with Gasteiger partial charge in [-0.25, -0.2) is 4.98 Å². The summed E-state index contributed by atoms with van der Waals surface area (Å²) in [5.41, 5.74) is 8.67. The first-order chi connectivity index (χ1) is 22.0. The minimum atomic E-state index is -0.744. The number of piperidine rings is 1. The maximum atomic E-state index is 11.8. The number of carboxylic acids is 1. The van der Waals surface area contributed by atoms with Gasteiger partial charge in [0, 0.05) is 49.6 Å². The van der Waals surface area contributed by atoms with Gasteiger partial charge in [0.2, 0.25) is 0 Å². The highest BCUT2D eigenvalue weighted by molar-refractivity contribution is 5.91. The van der Waals surface area contributed by atoms with Gasteiger partial charge in [0.25, 0.3) is 0 Å². The zero-order chi connectivity index (χ0) is 31.2. The Labute approximate surface area is 265 Å². The Kier molecular flexibility index (Phi) is 10.0.